The zero-order valence-electron chi connectivity index (χ0n) is 20.2. The number of hydrogen-bond acceptors (Lipinski definition) is 9. The van der Waals surface area contributed by atoms with Crippen LogP contribution < -0.4 is 5.63 Å². The van der Waals surface area contributed by atoms with Crippen LogP contribution in [-0.2, 0) is 14.3 Å². The maximum absolute atomic E-state index is 14.0. The van der Waals surface area contributed by atoms with Gasteiger partial charge in [-0.2, -0.15) is 0 Å². The lowest BCUT2D eigenvalue weighted by molar-refractivity contribution is -0.255. The molecular weight excluding hydrogens is 456 g/mol. The van der Waals surface area contributed by atoms with Crippen molar-refractivity contribution in [1.29, 1.82) is 0 Å². The molecule has 4 aliphatic carbocycles. The summed E-state index contributed by atoms with van der Waals surface area (Å²) in [6.07, 6.45) is -1.54. The van der Waals surface area contributed by atoms with Gasteiger partial charge >= 0.3 is 11.6 Å². The predicted molar refractivity (Wildman–Crippen MR) is 121 cm³/mol. The second kappa shape index (κ2) is 7.96. The third kappa shape index (κ3) is 3.17. The van der Waals surface area contributed by atoms with E-state index in [1.807, 2.05) is 6.92 Å². The third-order valence-electron chi connectivity index (χ3n) is 10.2. The van der Waals surface area contributed by atoms with Crippen LogP contribution in [0.2, 0.25) is 0 Å². The van der Waals surface area contributed by atoms with Gasteiger partial charge in [0.2, 0.25) is 0 Å². The fraction of sp³-hybridized carbons (Fsp3) is 0.731. The second-order valence-corrected chi connectivity index (χ2v) is 11.6. The molecule has 4 N–H and O–H groups in total. The average molecular weight is 491 g/mol. The first-order chi connectivity index (χ1) is 16.4. The molecule has 0 bridgehead atoms. The van der Waals surface area contributed by atoms with Gasteiger partial charge in [-0.1, -0.05) is 6.92 Å². The fourth-order valence-corrected chi connectivity index (χ4v) is 8.58. The molecule has 0 aliphatic heterocycles. The number of hydrogen-bond donors (Lipinski definition) is 4. The summed E-state index contributed by atoms with van der Waals surface area (Å²) in [4.78, 5) is 37.1. The Balaban J connectivity index is 1.57. The molecule has 11 atom stereocenters. The van der Waals surface area contributed by atoms with Gasteiger partial charge in [-0.3, -0.25) is 9.59 Å². The molecule has 0 amide bonds. The van der Waals surface area contributed by atoms with Gasteiger partial charge in [-0.15, -0.1) is 0 Å². The van der Waals surface area contributed by atoms with E-state index in [2.05, 4.69) is 0 Å². The van der Waals surface area contributed by atoms with Crippen molar-refractivity contribution < 1.29 is 39.2 Å². The van der Waals surface area contributed by atoms with E-state index in [-0.39, 0.29) is 6.42 Å². The maximum Gasteiger partial charge on any atom is 0.335 e. The van der Waals surface area contributed by atoms with Crippen molar-refractivity contribution in [2.75, 3.05) is 0 Å². The number of aliphatic hydroxyl groups is 4. The number of aliphatic hydroxyl groups excluding tert-OH is 3. The Hall–Kier alpha value is -2.07. The lowest BCUT2D eigenvalue weighted by atomic mass is 9.41. The molecule has 5 rings (SSSR count). The highest BCUT2D eigenvalue weighted by atomic mass is 16.6. The Morgan fingerprint density at radius 3 is 2.37 bits per heavy atom. The minimum Gasteiger partial charge on any atom is -0.460 e. The SMILES string of the molecule is CC(=O)O[C@@H]1C[C@]2(C)[C@H]3[C@H](O)C(=O)[C@]4(C)[C@@H](c5ccc(=O)oc5)CC[C@]4(O)[C@@H]3CC[C@H]2[C@@H](O)[C@H]1O. The zero-order chi connectivity index (χ0) is 25.5. The molecule has 0 unspecified atom stereocenters. The molecular formula is C26H34O9. The minimum atomic E-state index is -1.42. The van der Waals surface area contributed by atoms with Gasteiger partial charge in [0.25, 0.3) is 0 Å². The van der Waals surface area contributed by atoms with Gasteiger partial charge in [-0.05, 0) is 67.9 Å². The lowest BCUT2D eigenvalue weighted by Gasteiger charge is -2.65. The van der Waals surface area contributed by atoms with Crippen LogP contribution in [0.15, 0.2) is 27.6 Å². The van der Waals surface area contributed by atoms with Gasteiger partial charge in [0.1, 0.15) is 18.3 Å². The van der Waals surface area contributed by atoms with Crippen molar-refractivity contribution in [2.24, 2.45) is 28.6 Å². The van der Waals surface area contributed by atoms with Crippen molar-refractivity contribution >= 4 is 11.8 Å². The first-order valence-corrected chi connectivity index (χ1v) is 12.4. The molecule has 1 aromatic heterocycles. The first kappa shape index (κ1) is 24.6. The Bertz CT molecular complexity index is 1080. The summed E-state index contributed by atoms with van der Waals surface area (Å²) in [5.41, 5.74) is -3.44. The van der Waals surface area contributed by atoms with Gasteiger partial charge in [0.15, 0.2) is 5.78 Å². The quantitative estimate of drug-likeness (QED) is 0.443. The Kier molecular flexibility index (Phi) is 5.60. The van der Waals surface area contributed by atoms with Gasteiger partial charge < -0.3 is 29.6 Å². The van der Waals surface area contributed by atoms with Gasteiger partial charge in [0.05, 0.1) is 23.4 Å². The van der Waals surface area contributed by atoms with E-state index in [9.17, 15) is 34.8 Å². The highest BCUT2D eigenvalue weighted by Crippen LogP contribution is 2.69. The largest absolute Gasteiger partial charge is 0.460 e. The predicted octanol–water partition coefficient (Wildman–Crippen LogP) is 0.904. The Morgan fingerprint density at radius 1 is 1.06 bits per heavy atom. The van der Waals surface area contributed by atoms with Crippen molar-refractivity contribution in [2.45, 2.75) is 88.8 Å². The van der Waals surface area contributed by atoms with Crippen LogP contribution in [0.4, 0.5) is 0 Å². The number of carbonyl (C=O) groups is 2. The first-order valence-electron chi connectivity index (χ1n) is 12.4. The summed E-state index contributed by atoms with van der Waals surface area (Å²) in [6.45, 7) is 4.79. The number of carbonyl (C=O) groups excluding carboxylic acids is 2. The van der Waals surface area contributed by atoms with E-state index in [4.69, 9.17) is 9.15 Å². The maximum atomic E-state index is 14.0. The molecule has 1 aromatic rings. The highest BCUT2D eigenvalue weighted by molar-refractivity contribution is 5.93. The molecule has 9 heteroatoms. The van der Waals surface area contributed by atoms with Crippen LogP contribution in [0.3, 0.4) is 0 Å². The van der Waals surface area contributed by atoms with E-state index in [1.165, 1.54) is 19.3 Å². The summed E-state index contributed by atoms with van der Waals surface area (Å²) in [5.74, 6) is -3.04. The van der Waals surface area contributed by atoms with Crippen LogP contribution >= 0.6 is 0 Å². The molecule has 1 heterocycles. The number of ketones is 1. The topological polar surface area (TPSA) is 154 Å². The standard InChI is InChI=1S/C26H34O9/c1-12(27)35-17-10-24(2)16(20(29)21(17)30)6-5-15-19(24)22(31)23(32)25(3)14(8-9-26(15,25)33)13-4-7-18(28)34-11-13/h4,7,11,14-17,19-22,29-31,33H,5-6,8-10H2,1-3H3/t14-,15-,16+,17-,19-,20-,21+,22+,24+,25+,26+/m1/s1. The van der Waals surface area contributed by atoms with Crippen molar-refractivity contribution in [1.82, 2.24) is 0 Å². The summed E-state index contributed by atoms with van der Waals surface area (Å²) < 4.78 is 10.4. The molecule has 0 saturated heterocycles. The van der Waals surface area contributed by atoms with Crippen molar-refractivity contribution in [3.05, 3.63) is 34.4 Å². The second-order valence-electron chi connectivity index (χ2n) is 11.6. The molecule has 192 valence electrons. The summed E-state index contributed by atoms with van der Waals surface area (Å²) in [6, 6.07) is 2.90. The van der Waals surface area contributed by atoms with E-state index in [0.717, 1.165) is 0 Å². The number of ether oxygens (including phenoxy) is 1. The Morgan fingerprint density at radius 2 is 1.74 bits per heavy atom. The highest BCUT2D eigenvalue weighted by Gasteiger charge is 2.74. The lowest BCUT2D eigenvalue weighted by Crippen LogP contribution is -2.72. The number of esters is 1. The summed E-state index contributed by atoms with van der Waals surface area (Å²) in [5, 5.41) is 45.4. The fourth-order valence-electron chi connectivity index (χ4n) is 8.58. The number of rotatable bonds is 2. The molecule has 4 aliphatic rings. The van der Waals surface area contributed by atoms with E-state index < -0.39 is 81.9 Å². The molecule has 4 saturated carbocycles. The average Bonchev–Trinajstić information content (AvgIpc) is 3.08. The Labute approximate surface area is 203 Å². The molecule has 0 aromatic carbocycles. The van der Waals surface area contributed by atoms with Gasteiger partial charge in [0, 0.05) is 24.8 Å². The molecule has 0 radical (unpaired) electrons. The minimum absolute atomic E-state index is 0.168. The van der Waals surface area contributed by atoms with Crippen LogP contribution in [0.5, 0.6) is 0 Å². The van der Waals surface area contributed by atoms with Crippen LogP contribution in [-0.4, -0.2) is 62.2 Å². The van der Waals surface area contributed by atoms with Crippen LogP contribution in [0.1, 0.15) is 64.4 Å². The van der Waals surface area contributed by atoms with Crippen molar-refractivity contribution in [3.63, 3.8) is 0 Å². The van der Waals surface area contributed by atoms with E-state index in [1.54, 1.807) is 13.0 Å². The van der Waals surface area contributed by atoms with Gasteiger partial charge in [-0.25, -0.2) is 4.79 Å². The normalized spacial score (nSPS) is 49.1. The number of fused-ring (bicyclic) bond motifs is 5. The molecule has 35 heavy (non-hydrogen) atoms. The molecule has 4 fully saturated rings. The van der Waals surface area contributed by atoms with E-state index in [0.29, 0.717) is 31.2 Å². The monoisotopic (exact) mass is 490 g/mol. The van der Waals surface area contributed by atoms with Crippen LogP contribution in [0.25, 0.3) is 0 Å². The van der Waals surface area contributed by atoms with Crippen LogP contribution in [0, 0.1) is 28.6 Å². The smallest absolute Gasteiger partial charge is 0.335 e. The summed E-state index contributed by atoms with van der Waals surface area (Å²) in [7, 11) is 0. The summed E-state index contributed by atoms with van der Waals surface area (Å²) >= 11 is 0. The zero-order valence-corrected chi connectivity index (χ0v) is 20.2. The molecule has 0 spiro atoms. The number of Topliss-reactive ketones (excluding diaryl/α,β-unsaturated/α-hetero) is 1. The molecule has 9 nitrogen and oxygen atoms in total. The van der Waals surface area contributed by atoms with E-state index >= 15 is 0 Å². The van der Waals surface area contributed by atoms with Crippen molar-refractivity contribution in [3.8, 4) is 0 Å². The third-order valence-corrected chi connectivity index (χ3v) is 10.2.